The second-order valence-corrected chi connectivity index (χ2v) is 8.95. The van der Waals surface area contributed by atoms with E-state index in [9.17, 15) is 13.2 Å². The van der Waals surface area contributed by atoms with Gasteiger partial charge in [-0.2, -0.15) is 0 Å². The summed E-state index contributed by atoms with van der Waals surface area (Å²) in [4.78, 5) is 12.6. The van der Waals surface area contributed by atoms with Crippen LogP contribution in [0.25, 0.3) is 10.8 Å². The summed E-state index contributed by atoms with van der Waals surface area (Å²) >= 11 is 1.14. The summed E-state index contributed by atoms with van der Waals surface area (Å²) in [5.74, 6) is -0.260. The van der Waals surface area contributed by atoms with Gasteiger partial charge in [-0.05, 0) is 47.2 Å². The molecular weight excluding hydrogens is 392 g/mol. The van der Waals surface area contributed by atoms with E-state index in [1.54, 1.807) is 41.8 Å². The standard InChI is InChI=1S/C21H16N2O3S2/c24-21(22-19-8-3-6-15-5-1-2-7-18(15)19)16-10-12-17(13-11-16)23-28(25,26)20-9-4-14-27-20/h1-14,23H,(H,22,24). The average molecular weight is 409 g/mol. The Labute approximate surface area is 166 Å². The number of benzene rings is 3. The number of amides is 1. The van der Waals surface area contributed by atoms with Crippen LogP contribution in [-0.4, -0.2) is 14.3 Å². The van der Waals surface area contributed by atoms with Gasteiger partial charge in [-0.3, -0.25) is 9.52 Å². The van der Waals surface area contributed by atoms with Gasteiger partial charge in [0.05, 0.1) is 0 Å². The van der Waals surface area contributed by atoms with Crippen molar-refractivity contribution in [3.8, 4) is 0 Å². The Hall–Kier alpha value is -3.16. The second kappa shape index (κ2) is 7.46. The van der Waals surface area contributed by atoms with Crippen molar-refractivity contribution in [3.05, 3.63) is 89.8 Å². The van der Waals surface area contributed by atoms with Crippen molar-refractivity contribution in [1.82, 2.24) is 0 Å². The molecule has 0 radical (unpaired) electrons. The lowest BCUT2D eigenvalue weighted by Crippen LogP contribution is -2.13. The fourth-order valence-electron chi connectivity index (χ4n) is 2.84. The molecule has 0 spiro atoms. The van der Waals surface area contributed by atoms with Crippen LogP contribution >= 0.6 is 11.3 Å². The van der Waals surface area contributed by atoms with Crippen LogP contribution in [0.5, 0.6) is 0 Å². The second-order valence-electron chi connectivity index (χ2n) is 6.10. The van der Waals surface area contributed by atoms with Crippen LogP contribution in [0.2, 0.25) is 0 Å². The minimum absolute atomic E-state index is 0.241. The fourth-order valence-corrected chi connectivity index (χ4v) is 4.89. The van der Waals surface area contributed by atoms with Crippen molar-refractivity contribution in [1.29, 1.82) is 0 Å². The van der Waals surface area contributed by atoms with Crippen LogP contribution in [-0.2, 0) is 10.0 Å². The van der Waals surface area contributed by atoms with Gasteiger partial charge in [0.2, 0.25) is 0 Å². The predicted octanol–water partition coefficient (Wildman–Crippen LogP) is 4.95. The van der Waals surface area contributed by atoms with Gasteiger partial charge in [0.1, 0.15) is 4.21 Å². The molecule has 0 aliphatic carbocycles. The molecule has 28 heavy (non-hydrogen) atoms. The molecule has 140 valence electrons. The van der Waals surface area contributed by atoms with Crippen molar-refractivity contribution >= 4 is 49.4 Å². The number of hydrogen-bond donors (Lipinski definition) is 2. The van der Waals surface area contributed by atoms with E-state index in [4.69, 9.17) is 0 Å². The Bertz CT molecular complexity index is 1230. The Morgan fingerprint density at radius 3 is 2.32 bits per heavy atom. The molecule has 0 unspecified atom stereocenters. The number of sulfonamides is 1. The zero-order valence-corrected chi connectivity index (χ0v) is 16.3. The van der Waals surface area contributed by atoms with E-state index in [1.807, 2.05) is 42.5 Å². The quantitative estimate of drug-likeness (QED) is 0.490. The average Bonchev–Trinajstić information content (AvgIpc) is 3.24. The monoisotopic (exact) mass is 408 g/mol. The molecule has 0 fully saturated rings. The Morgan fingerprint density at radius 2 is 1.57 bits per heavy atom. The molecule has 1 heterocycles. The van der Waals surface area contributed by atoms with Crippen LogP contribution in [0.1, 0.15) is 10.4 Å². The Morgan fingerprint density at radius 1 is 0.821 bits per heavy atom. The zero-order valence-electron chi connectivity index (χ0n) is 14.6. The summed E-state index contributed by atoms with van der Waals surface area (Å²) in [5.41, 5.74) is 1.56. The van der Waals surface area contributed by atoms with E-state index in [0.717, 1.165) is 27.8 Å². The van der Waals surface area contributed by atoms with Gasteiger partial charge >= 0.3 is 0 Å². The topological polar surface area (TPSA) is 75.3 Å². The third-order valence-corrected chi connectivity index (χ3v) is 6.98. The van der Waals surface area contributed by atoms with Crippen LogP contribution < -0.4 is 10.0 Å². The number of anilines is 2. The molecule has 4 aromatic rings. The smallest absolute Gasteiger partial charge is 0.271 e. The molecule has 1 aromatic heterocycles. The van der Waals surface area contributed by atoms with Crippen LogP contribution in [0.4, 0.5) is 11.4 Å². The van der Waals surface area contributed by atoms with Gasteiger partial charge < -0.3 is 5.32 Å². The van der Waals surface area contributed by atoms with Crippen molar-refractivity contribution in [2.75, 3.05) is 10.0 Å². The van der Waals surface area contributed by atoms with Gasteiger partial charge in [0.25, 0.3) is 15.9 Å². The molecule has 2 N–H and O–H groups in total. The highest BCUT2D eigenvalue weighted by Crippen LogP contribution is 2.24. The third kappa shape index (κ3) is 3.76. The van der Waals surface area contributed by atoms with Gasteiger partial charge in [-0.15, -0.1) is 11.3 Å². The molecule has 4 rings (SSSR count). The number of hydrogen-bond acceptors (Lipinski definition) is 4. The van der Waals surface area contributed by atoms with E-state index >= 15 is 0 Å². The first-order valence-electron chi connectivity index (χ1n) is 8.48. The lowest BCUT2D eigenvalue weighted by molar-refractivity contribution is 0.102. The van der Waals surface area contributed by atoms with Crippen molar-refractivity contribution < 1.29 is 13.2 Å². The number of nitrogens with one attached hydrogen (secondary N) is 2. The van der Waals surface area contributed by atoms with Crippen molar-refractivity contribution in [2.45, 2.75) is 4.21 Å². The van der Waals surface area contributed by atoms with Crippen LogP contribution in [0, 0.1) is 0 Å². The zero-order chi connectivity index (χ0) is 19.6. The predicted molar refractivity (Wildman–Crippen MR) is 113 cm³/mol. The van der Waals surface area contributed by atoms with Gasteiger partial charge in [0.15, 0.2) is 0 Å². The molecule has 0 saturated heterocycles. The molecule has 0 atom stereocenters. The van der Waals surface area contributed by atoms with Gasteiger partial charge in [-0.25, -0.2) is 8.42 Å². The fraction of sp³-hybridized carbons (Fsp3) is 0. The maximum Gasteiger partial charge on any atom is 0.271 e. The summed E-state index contributed by atoms with van der Waals surface area (Å²) < 4.78 is 27.3. The summed E-state index contributed by atoms with van der Waals surface area (Å²) in [7, 11) is -3.61. The van der Waals surface area contributed by atoms with E-state index < -0.39 is 10.0 Å². The van der Waals surface area contributed by atoms with E-state index in [2.05, 4.69) is 10.0 Å². The first-order chi connectivity index (χ1) is 13.5. The SMILES string of the molecule is O=C(Nc1cccc2ccccc12)c1ccc(NS(=O)(=O)c2cccs2)cc1. The third-order valence-electron chi connectivity index (χ3n) is 4.20. The largest absolute Gasteiger partial charge is 0.321 e. The maximum absolute atomic E-state index is 12.6. The minimum Gasteiger partial charge on any atom is -0.321 e. The molecule has 5 nitrogen and oxygen atoms in total. The molecule has 0 bridgehead atoms. The number of fused-ring (bicyclic) bond motifs is 1. The molecular formula is C21H16N2O3S2. The summed E-state index contributed by atoms with van der Waals surface area (Å²) in [6.45, 7) is 0. The summed E-state index contributed by atoms with van der Waals surface area (Å²) in [6.07, 6.45) is 0. The lowest BCUT2D eigenvalue weighted by Gasteiger charge is -2.10. The highest BCUT2D eigenvalue weighted by molar-refractivity contribution is 7.94. The molecule has 7 heteroatoms. The van der Waals surface area contributed by atoms with Crippen LogP contribution in [0.3, 0.4) is 0 Å². The summed E-state index contributed by atoms with van der Waals surface area (Å²) in [6, 6.07) is 23.1. The number of rotatable bonds is 5. The first-order valence-corrected chi connectivity index (χ1v) is 10.8. The molecule has 0 aliphatic rings. The number of thiophene rings is 1. The maximum atomic E-state index is 12.6. The van der Waals surface area contributed by atoms with E-state index in [1.165, 1.54) is 0 Å². The highest BCUT2D eigenvalue weighted by atomic mass is 32.2. The normalized spacial score (nSPS) is 11.3. The Kier molecular flexibility index (Phi) is 4.85. The lowest BCUT2D eigenvalue weighted by atomic mass is 10.1. The van der Waals surface area contributed by atoms with E-state index in [-0.39, 0.29) is 10.1 Å². The van der Waals surface area contributed by atoms with Gasteiger partial charge in [-0.1, -0.05) is 42.5 Å². The molecule has 3 aromatic carbocycles. The number of carbonyl (C=O) groups excluding carboxylic acids is 1. The van der Waals surface area contributed by atoms with Crippen molar-refractivity contribution in [3.63, 3.8) is 0 Å². The van der Waals surface area contributed by atoms with Gasteiger partial charge in [0, 0.05) is 22.3 Å². The first kappa shape index (κ1) is 18.2. The van der Waals surface area contributed by atoms with Crippen LogP contribution in [0.15, 0.2) is 88.5 Å². The highest BCUT2D eigenvalue weighted by Gasteiger charge is 2.15. The molecule has 0 saturated carbocycles. The van der Waals surface area contributed by atoms with Crippen molar-refractivity contribution in [2.24, 2.45) is 0 Å². The minimum atomic E-state index is -3.61. The number of carbonyl (C=O) groups is 1. The van der Waals surface area contributed by atoms with E-state index in [0.29, 0.717) is 11.3 Å². The molecule has 1 amide bonds. The summed E-state index contributed by atoms with van der Waals surface area (Å²) in [5, 5.41) is 6.62. The Balaban J connectivity index is 1.51. The molecule has 0 aliphatic heterocycles.